The van der Waals surface area contributed by atoms with Crippen molar-refractivity contribution in [2.45, 2.75) is 13.5 Å². The van der Waals surface area contributed by atoms with Gasteiger partial charge in [-0.25, -0.2) is 4.98 Å². The predicted octanol–water partition coefficient (Wildman–Crippen LogP) is 0.622. The molecule has 0 aliphatic carbocycles. The maximum atomic E-state index is 10.6. The second-order valence-corrected chi connectivity index (χ2v) is 4.36. The van der Waals surface area contributed by atoms with Gasteiger partial charge >= 0.3 is 0 Å². The van der Waals surface area contributed by atoms with Crippen molar-refractivity contribution in [3.63, 3.8) is 0 Å². The van der Waals surface area contributed by atoms with Gasteiger partial charge in [-0.3, -0.25) is 9.20 Å². The molecule has 5 nitrogen and oxygen atoms in total. The molecule has 0 fully saturated rings. The summed E-state index contributed by atoms with van der Waals surface area (Å²) in [6.45, 7) is 3.65. The van der Waals surface area contributed by atoms with Crippen molar-refractivity contribution >= 4 is 22.2 Å². The van der Waals surface area contributed by atoms with Crippen molar-refractivity contribution in [3.05, 3.63) is 23.5 Å². The number of carbonyl (C=O) groups is 1. The number of hydrogen-bond donors (Lipinski definition) is 2. The smallest absolute Gasteiger partial charge is 0.216 e. The number of thiazole rings is 1. The van der Waals surface area contributed by atoms with Gasteiger partial charge in [0.15, 0.2) is 4.96 Å². The highest BCUT2D eigenvalue weighted by atomic mass is 32.1. The molecule has 2 rings (SSSR count). The van der Waals surface area contributed by atoms with Crippen LogP contribution in [0.4, 0.5) is 0 Å². The molecule has 0 radical (unpaired) electrons. The SMILES string of the molecule is CC(=O)NCCNCc1cn2ccsc2n1. The van der Waals surface area contributed by atoms with Crippen LogP contribution < -0.4 is 10.6 Å². The Balaban J connectivity index is 1.74. The summed E-state index contributed by atoms with van der Waals surface area (Å²) in [4.78, 5) is 16.1. The first kappa shape index (κ1) is 11.1. The minimum atomic E-state index is 0.00399. The topological polar surface area (TPSA) is 58.4 Å². The molecule has 6 heteroatoms. The number of hydrogen-bond acceptors (Lipinski definition) is 4. The highest BCUT2D eigenvalue weighted by Gasteiger charge is 2.01. The lowest BCUT2D eigenvalue weighted by molar-refractivity contribution is -0.118. The van der Waals surface area contributed by atoms with Crippen LogP contribution in [-0.4, -0.2) is 28.4 Å². The van der Waals surface area contributed by atoms with Crippen LogP contribution in [0.5, 0.6) is 0 Å². The predicted molar refractivity (Wildman–Crippen MR) is 63.5 cm³/mol. The van der Waals surface area contributed by atoms with Gasteiger partial charge < -0.3 is 10.6 Å². The molecule has 2 heterocycles. The molecule has 2 aromatic heterocycles. The van der Waals surface area contributed by atoms with E-state index in [9.17, 15) is 4.79 Å². The third-order valence-electron chi connectivity index (χ3n) is 2.12. The third-order valence-corrected chi connectivity index (χ3v) is 2.90. The molecule has 2 N–H and O–H groups in total. The van der Waals surface area contributed by atoms with Gasteiger partial charge in [0.05, 0.1) is 5.69 Å². The van der Waals surface area contributed by atoms with Gasteiger partial charge in [0.1, 0.15) is 0 Å². The van der Waals surface area contributed by atoms with Gasteiger partial charge in [-0.1, -0.05) is 0 Å². The van der Waals surface area contributed by atoms with Gasteiger partial charge in [0.2, 0.25) is 5.91 Å². The molecule has 0 bridgehead atoms. The minimum Gasteiger partial charge on any atom is -0.355 e. The van der Waals surface area contributed by atoms with Gasteiger partial charge in [-0.15, -0.1) is 11.3 Å². The minimum absolute atomic E-state index is 0.00399. The lowest BCUT2D eigenvalue weighted by atomic mass is 10.4. The van der Waals surface area contributed by atoms with E-state index < -0.39 is 0 Å². The molecule has 0 aliphatic heterocycles. The van der Waals surface area contributed by atoms with Crippen molar-refractivity contribution < 1.29 is 4.79 Å². The molecule has 1 amide bonds. The summed E-state index contributed by atoms with van der Waals surface area (Å²) in [5.41, 5.74) is 1.02. The Morgan fingerprint density at radius 1 is 1.56 bits per heavy atom. The van der Waals surface area contributed by atoms with E-state index in [-0.39, 0.29) is 5.91 Å². The lowest BCUT2D eigenvalue weighted by Gasteiger charge is -2.02. The molecule has 0 unspecified atom stereocenters. The van der Waals surface area contributed by atoms with Crippen LogP contribution in [0.2, 0.25) is 0 Å². The van der Waals surface area contributed by atoms with Crippen molar-refractivity contribution in [1.29, 1.82) is 0 Å². The number of amides is 1. The van der Waals surface area contributed by atoms with Crippen LogP contribution in [0.1, 0.15) is 12.6 Å². The average molecular weight is 238 g/mol. The van der Waals surface area contributed by atoms with Crippen LogP contribution >= 0.6 is 11.3 Å². The first-order chi connectivity index (χ1) is 7.75. The van der Waals surface area contributed by atoms with E-state index in [2.05, 4.69) is 15.6 Å². The Bertz CT molecular complexity index is 447. The molecule has 0 aliphatic rings. The molecule has 0 saturated carbocycles. The standard InChI is InChI=1S/C10H14N4OS/c1-8(15)12-3-2-11-6-9-7-14-4-5-16-10(14)13-9/h4-5,7,11H,2-3,6H2,1H3,(H,12,15). The number of rotatable bonds is 5. The van der Waals surface area contributed by atoms with Gasteiger partial charge in [0.25, 0.3) is 0 Å². The van der Waals surface area contributed by atoms with Crippen LogP contribution in [0, 0.1) is 0 Å². The first-order valence-corrected chi connectivity index (χ1v) is 6.00. The molecule has 86 valence electrons. The van der Waals surface area contributed by atoms with E-state index in [0.29, 0.717) is 6.54 Å². The van der Waals surface area contributed by atoms with Crippen molar-refractivity contribution in [2.24, 2.45) is 0 Å². The number of nitrogens with one attached hydrogen (secondary N) is 2. The molecule has 0 atom stereocenters. The quantitative estimate of drug-likeness (QED) is 0.751. The summed E-state index contributed by atoms with van der Waals surface area (Å²) >= 11 is 1.62. The highest BCUT2D eigenvalue weighted by Crippen LogP contribution is 2.10. The van der Waals surface area contributed by atoms with E-state index in [4.69, 9.17) is 0 Å². The zero-order valence-electron chi connectivity index (χ0n) is 9.06. The van der Waals surface area contributed by atoms with Gasteiger partial charge in [-0.2, -0.15) is 0 Å². The zero-order valence-corrected chi connectivity index (χ0v) is 9.88. The second kappa shape index (κ2) is 5.09. The number of nitrogens with zero attached hydrogens (tertiary/aromatic N) is 2. The fourth-order valence-electron chi connectivity index (χ4n) is 1.40. The summed E-state index contributed by atoms with van der Waals surface area (Å²) in [5.74, 6) is 0.00399. The second-order valence-electron chi connectivity index (χ2n) is 3.48. The maximum Gasteiger partial charge on any atom is 0.216 e. The van der Waals surface area contributed by atoms with Crippen molar-refractivity contribution in [2.75, 3.05) is 13.1 Å². The molecular weight excluding hydrogens is 224 g/mol. The van der Waals surface area contributed by atoms with Gasteiger partial charge in [-0.05, 0) is 0 Å². The van der Waals surface area contributed by atoms with E-state index in [1.165, 1.54) is 6.92 Å². The van der Waals surface area contributed by atoms with Crippen LogP contribution in [0.15, 0.2) is 17.8 Å². The average Bonchev–Trinajstić information content (AvgIpc) is 2.76. The molecular formula is C10H14N4OS. The summed E-state index contributed by atoms with van der Waals surface area (Å²) < 4.78 is 2.01. The van der Waals surface area contributed by atoms with Crippen molar-refractivity contribution in [3.8, 4) is 0 Å². The number of fused-ring (bicyclic) bond motifs is 1. The monoisotopic (exact) mass is 238 g/mol. The molecule has 16 heavy (non-hydrogen) atoms. The third kappa shape index (κ3) is 2.80. The lowest BCUT2D eigenvalue weighted by Crippen LogP contribution is -2.29. The summed E-state index contributed by atoms with van der Waals surface area (Å²) in [5, 5.41) is 7.96. The fraction of sp³-hybridized carbons (Fsp3) is 0.400. The normalized spacial score (nSPS) is 10.8. The Hall–Kier alpha value is -1.40. The number of aromatic nitrogens is 2. The Labute approximate surface area is 97.5 Å². The molecule has 0 aromatic carbocycles. The van der Waals surface area contributed by atoms with E-state index in [0.717, 1.165) is 23.7 Å². The Kier molecular flexibility index (Phi) is 3.53. The van der Waals surface area contributed by atoms with Crippen molar-refractivity contribution in [1.82, 2.24) is 20.0 Å². The fourth-order valence-corrected chi connectivity index (χ4v) is 2.12. The van der Waals surface area contributed by atoms with E-state index in [1.807, 2.05) is 22.2 Å². The molecule has 2 aromatic rings. The Morgan fingerprint density at radius 2 is 2.44 bits per heavy atom. The summed E-state index contributed by atoms with van der Waals surface area (Å²) in [6, 6.07) is 0. The molecule has 0 saturated heterocycles. The first-order valence-electron chi connectivity index (χ1n) is 5.12. The van der Waals surface area contributed by atoms with E-state index >= 15 is 0 Å². The van der Waals surface area contributed by atoms with Crippen LogP contribution in [0.3, 0.4) is 0 Å². The highest BCUT2D eigenvalue weighted by molar-refractivity contribution is 7.15. The largest absolute Gasteiger partial charge is 0.355 e. The number of imidazole rings is 1. The van der Waals surface area contributed by atoms with Crippen LogP contribution in [-0.2, 0) is 11.3 Å². The maximum absolute atomic E-state index is 10.6. The molecule has 0 spiro atoms. The van der Waals surface area contributed by atoms with Crippen LogP contribution in [0.25, 0.3) is 4.96 Å². The van der Waals surface area contributed by atoms with E-state index in [1.54, 1.807) is 11.3 Å². The van der Waals surface area contributed by atoms with Gasteiger partial charge in [0, 0.05) is 44.3 Å². The number of carbonyl (C=O) groups excluding carboxylic acids is 1. The zero-order chi connectivity index (χ0) is 11.4. The Morgan fingerprint density at radius 3 is 3.19 bits per heavy atom. The summed E-state index contributed by atoms with van der Waals surface area (Å²) in [7, 11) is 0. The summed E-state index contributed by atoms with van der Waals surface area (Å²) in [6.07, 6.45) is 4.01.